The second kappa shape index (κ2) is 12.6. The van der Waals surface area contributed by atoms with Gasteiger partial charge in [0.15, 0.2) is 0 Å². The molecule has 0 radical (unpaired) electrons. The Morgan fingerprint density at radius 2 is 1.68 bits per heavy atom. The molecule has 3 aromatic carbocycles. The van der Waals surface area contributed by atoms with Crippen LogP contribution in [0.4, 0.5) is 18.0 Å². The first-order valence-electron chi connectivity index (χ1n) is 13.8. The number of amides is 3. The molecule has 2 N–H and O–H groups in total. The van der Waals surface area contributed by atoms with Crippen molar-refractivity contribution in [3.8, 4) is 0 Å². The number of ether oxygens (including phenoxy) is 1. The maximum Gasteiger partial charge on any atom is 0.416 e. The Balaban J connectivity index is 1.44. The number of carboxylic acids is 1. The molecule has 2 aliphatic rings. The standard InChI is InChI=1S/C32H28F3N3O6/c33-32(34,35)23-13-7-10-21(16-23)18-36-29(41)25(17-27(39)40)37-24(15-14-20-8-3-1-4-9-20)28(30(37)42)38-26(19-44-31(38)43)22-11-5-2-6-12-22/h1-16,24-26,28H,17-19H2,(H,36,41)(H,39,40)/t24?,25?,26-,28?/m1/s1. The molecular formula is C32H28F3N3O6. The van der Waals surface area contributed by atoms with Crippen LogP contribution < -0.4 is 5.32 Å². The fraction of sp³-hybridized carbons (Fsp3) is 0.250. The van der Waals surface area contributed by atoms with Crippen molar-refractivity contribution in [2.24, 2.45) is 0 Å². The van der Waals surface area contributed by atoms with Crippen molar-refractivity contribution in [1.29, 1.82) is 0 Å². The topological polar surface area (TPSA) is 116 Å². The Labute approximate surface area is 250 Å². The number of likely N-dealkylation sites (tertiary alicyclic amines) is 1. The summed E-state index contributed by atoms with van der Waals surface area (Å²) in [5.41, 5.74) is 0.735. The number of alkyl halides is 3. The van der Waals surface area contributed by atoms with Gasteiger partial charge in [-0.1, -0.05) is 84.9 Å². The number of β-lactam (4-membered cyclic amide) rings is 1. The van der Waals surface area contributed by atoms with Gasteiger partial charge in [0.05, 0.1) is 24.1 Å². The Kier molecular flexibility index (Phi) is 8.70. The van der Waals surface area contributed by atoms with E-state index in [0.717, 1.165) is 28.2 Å². The monoisotopic (exact) mass is 607 g/mol. The number of carbonyl (C=O) groups is 4. The average Bonchev–Trinajstić information content (AvgIpc) is 3.38. The Bertz CT molecular complexity index is 1560. The third-order valence-electron chi connectivity index (χ3n) is 7.56. The molecule has 0 bridgehead atoms. The first-order valence-corrected chi connectivity index (χ1v) is 13.8. The lowest BCUT2D eigenvalue weighted by molar-refractivity contribution is -0.165. The van der Waals surface area contributed by atoms with E-state index in [4.69, 9.17) is 4.74 Å². The van der Waals surface area contributed by atoms with Crippen LogP contribution in [-0.4, -0.2) is 63.5 Å². The molecule has 5 rings (SSSR count). The van der Waals surface area contributed by atoms with Crippen molar-refractivity contribution in [1.82, 2.24) is 15.1 Å². The van der Waals surface area contributed by atoms with Gasteiger partial charge in [-0.05, 0) is 28.8 Å². The lowest BCUT2D eigenvalue weighted by atomic mass is 9.87. The van der Waals surface area contributed by atoms with Crippen LogP contribution in [0.3, 0.4) is 0 Å². The molecule has 0 spiro atoms. The molecule has 228 valence electrons. The molecule has 2 saturated heterocycles. The van der Waals surface area contributed by atoms with Crippen LogP contribution in [0.1, 0.15) is 34.7 Å². The molecule has 3 amide bonds. The lowest BCUT2D eigenvalue weighted by Gasteiger charge is -2.52. The number of carboxylic acid groups (broad SMARTS) is 1. The highest BCUT2D eigenvalue weighted by Crippen LogP contribution is 2.39. The van der Waals surface area contributed by atoms with Gasteiger partial charge in [-0.25, -0.2) is 4.79 Å². The molecular weight excluding hydrogens is 579 g/mol. The number of hydrogen-bond acceptors (Lipinski definition) is 5. The Morgan fingerprint density at radius 1 is 1.00 bits per heavy atom. The molecule has 2 fully saturated rings. The summed E-state index contributed by atoms with van der Waals surface area (Å²) in [5, 5.41) is 12.1. The smallest absolute Gasteiger partial charge is 0.416 e. The van der Waals surface area contributed by atoms with E-state index in [1.54, 1.807) is 48.6 Å². The van der Waals surface area contributed by atoms with Crippen LogP contribution in [0.25, 0.3) is 6.08 Å². The van der Waals surface area contributed by atoms with Crippen LogP contribution in [0.5, 0.6) is 0 Å². The molecule has 9 nitrogen and oxygen atoms in total. The van der Waals surface area contributed by atoms with Crippen molar-refractivity contribution in [2.45, 2.75) is 43.3 Å². The predicted molar refractivity (Wildman–Crippen MR) is 152 cm³/mol. The van der Waals surface area contributed by atoms with Gasteiger partial charge in [0.1, 0.15) is 18.7 Å². The second-order valence-electron chi connectivity index (χ2n) is 10.4. The number of halogens is 3. The number of nitrogens with one attached hydrogen (secondary N) is 1. The van der Waals surface area contributed by atoms with E-state index in [-0.39, 0.29) is 18.7 Å². The number of hydrogen-bond donors (Lipinski definition) is 2. The zero-order valence-corrected chi connectivity index (χ0v) is 23.2. The van der Waals surface area contributed by atoms with E-state index in [9.17, 15) is 37.5 Å². The minimum Gasteiger partial charge on any atom is -0.481 e. The van der Waals surface area contributed by atoms with Crippen LogP contribution in [0, 0.1) is 0 Å². The van der Waals surface area contributed by atoms with Crippen LogP contribution in [-0.2, 0) is 31.8 Å². The van der Waals surface area contributed by atoms with E-state index >= 15 is 0 Å². The predicted octanol–water partition coefficient (Wildman–Crippen LogP) is 4.65. The number of benzene rings is 3. The van der Waals surface area contributed by atoms with E-state index in [1.807, 2.05) is 24.3 Å². The van der Waals surface area contributed by atoms with E-state index in [1.165, 1.54) is 17.0 Å². The summed E-state index contributed by atoms with van der Waals surface area (Å²) in [6, 6.07) is 18.3. The van der Waals surface area contributed by atoms with Crippen LogP contribution in [0.15, 0.2) is 91.0 Å². The normalized spacial score (nSPS) is 20.8. The van der Waals surface area contributed by atoms with E-state index in [2.05, 4.69) is 5.32 Å². The number of cyclic esters (lactones) is 1. The summed E-state index contributed by atoms with van der Waals surface area (Å²) in [5.74, 6) is -2.89. The SMILES string of the molecule is O=C(O)CC(C(=O)NCc1cccc(C(F)(F)F)c1)N1C(=O)C(N2C(=O)OC[C@@H]2c2ccccc2)C1C=Cc1ccccc1. The molecule has 0 saturated carbocycles. The first kappa shape index (κ1) is 30.3. The summed E-state index contributed by atoms with van der Waals surface area (Å²) < 4.78 is 44.8. The van der Waals surface area contributed by atoms with Gasteiger partial charge in [0.2, 0.25) is 11.8 Å². The van der Waals surface area contributed by atoms with Gasteiger partial charge in [0, 0.05) is 6.54 Å². The summed E-state index contributed by atoms with van der Waals surface area (Å²) in [7, 11) is 0. The number of nitrogens with zero attached hydrogens (tertiary/aromatic N) is 2. The quantitative estimate of drug-likeness (QED) is 0.324. The molecule has 4 atom stereocenters. The minimum atomic E-state index is -4.59. The largest absolute Gasteiger partial charge is 0.481 e. The summed E-state index contributed by atoms with van der Waals surface area (Å²) in [4.78, 5) is 54.4. The highest BCUT2D eigenvalue weighted by Gasteiger charge is 2.58. The second-order valence-corrected chi connectivity index (χ2v) is 10.4. The van der Waals surface area contributed by atoms with Crippen molar-refractivity contribution < 1.29 is 42.2 Å². The third kappa shape index (κ3) is 6.43. The molecule has 3 unspecified atom stereocenters. The molecule has 0 aromatic heterocycles. The fourth-order valence-electron chi connectivity index (χ4n) is 5.45. The highest BCUT2D eigenvalue weighted by molar-refractivity contribution is 5.99. The lowest BCUT2D eigenvalue weighted by Crippen LogP contribution is -2.74. The maximum absolute atomic E-state index is 13.8. The van der Waals surface area contributed by atoms with E-state index in [0.29, 0.717) is 0 Å². The van der Waals surface area contributed by atoms with Gasteiger partial charge in [-0.15, -0.1) is 0 Å². The summed E-state index contributed by atoms with van der Waals surface area (Å²) in [6.45, 7) is -0.332. The maximum atomic E-state index is 13.8. The highest BCUT2D eigenvalue weighted by atomic mass is 19.4. The molecule has 0 aliphatic carbocycles. The number of carbonyl (C=O) groups excluding carboxylic acids is 3. The summed E-state index contributed by atoms with van der Waals surface area (Å²) >= 11 is 0. The van der Waals surface area contributed by atoms with Crippen LogP contribution >= 0.6 is 0 Å². The molecule has 2 heterocycles. The number of rotatable bonds is 10. The Morgan fingerprint density at radius 3 is 2.34 bits per heavy atom. The van der Waals surface area contributed by atoms with Crippen molar-refractivity contribution >= 4 is 30.0 Å². The van der Waals surface area contributed by atoms with E-state index < -0.39 is 66.2 Å². The van der Waals surface area contributed by atoms with Crippen molar-refractivity contribution in [2.75, 3.05) is 6.61 Å². The average molecular weight is 608 g/mol. The van der Waals surface area contributed by atoms with Crippen LogP contribution in [0.2, 0.25) is 0 Å². The molecule has 2 aliphatic heterocycles. The molecule has 12 heteroatoms. The van der Waals surface area contributed by atoms with Crippen molar-refractivity contribution in [3.05, 3.63) is 113 Å². The van der Waals surface area contributed by atoms with Gasteiger partial charge in [-0.3, -0.25) is 19.3 Å². The van der Waals surface area contributed by atoms with Gasteiger partial charge >= 0.3 is 18.2 Å². The van der Waals surface area contributed by atoms with Gasteiger partial charge in [0.25, 0.3) is 0 Å². The van der Waals surface area contributed by atoms with Crippen molar-refractivity contribution in [3.63, 3.8) is 0 Å². The zero-order valence-electron chi connectivity index (χ0n) is 23.2. The van der Waals surface area contributed by atoms with Gasteiger partial charge < -0.3 is 20.1 Å². The Hall–Kier alpha value is -5.13. The molecule has 44 heavy (non-hydrogen) atoms. The number of aliphatic carboxylic acids is 1. The van der Waals surface area contributed by atoms with Gasteiger partial charge in [-0.2, -0.15) is 13.2 Å². The zero-order chi connectivity index (χ0) is 31.4. The fourth-order valence-corrected chi connectivity index (χ4v) is 5.45. The third-order valence-corrected chi connectivity index (χ3v) is 7.56. The molecule has 3 aromatic rings. The summed E-state index contributed by atoms with van der Waals surface area (Å²) in [6.07, 6.45) is -2.75. The first-order chi connectivity index (χ1) is 21.0. The minimum absolute atomic E-state index is 0.00221.